The summed E-state index contributed by atoms with van der Waals surface area (Å²) in [6, 6.07) is 1.62. The molecule has 0 spiro atoms. The van der Waals surface area contributed by atoms with E-state index >= 15 is 0 Å². The molecule has 0 aromatic carbocycles. The standard InChI is InChI=1S/C13H22N2O3S/c1-9-5-4-6-10(2)15(9)19(16,17)13-7-12(8-14)18-11(13)3/h7,9-10H,4-6,8,14H2,1-3H3/t9-,10+. The number of sulfonamides is 1. The largest absolute Gasteiger partial charge is 0.464 e. The second-order valence-electron chi connectivity index (χ2n) is 5.30. The monoisotopic (exact) mass is 286 g/mol. The number of nitrogens with zero attached hydrogens (tertiary/aromatic N) is 1. The molecule has 1 fully saturated rings. The lowest BCUT2D eigenvalue weighted by Crippen LogP contribution is -2.47. The van der Waals surface area contributed by atoms with E-state index in [2.05, 4.69) is 0 Å². The third kappa shape index (κ3) is 2.57. The maximum Gasteiger partial charge on any atom is 0.247 e. The van der Waals surface area contributed by atoms with E-state index in [9.17, 15) is 8.42 Å². The first kappa shape index (κ1) is 14.6. The van der Waals surface area contributed by atoms with Gasteiger partial charge in [0.05, 0.1) is 6.54 Å². The molecule has 1 aliphatic rings. The molecule has 0 radical (unpaired) electrons. The average molecular weight is 286 g/mol. The zero-order valence-electron chi connectivity index (χ0n) is 11.7. The Bertz CT molecular complexity index is 540. The van der Waals surface area contributed by atoms with Gasteiger partial charge in [0.15, 0.2) is 0 Å². The summed E-state index contributed by atoms with van der Waals surface area (Å²) in [7, 11) is -3.50. The first-order valence-corrected chi connectivity index (χ1v) is 8.15. The Morgan fingerprint density at radius 1 is 1.37 bits per heavy atom. The van der Waals surface area contributed by atoms with Crippen molar-refractivity contribution in [2.45, 2.75) is 63.6 Å². The van der Waals surface area contributed by atoms with Crippen molar-refractivity contribution in [1.29, 1.82) is 0 Å². The van der Waals surface area contributed by atoms with Crippen molar-refractivity contribution in [1.82, 2.24) is 4.31 Å². The van der Waals surface area contributed by atoms with Crippen molar-refractivity contribution in [3.05, 3.63) is 17.6 Å². The van der Waals surface area contributed by atoms with E-state index in [-0.39, 0.29) is 23.5 Å². The molecule has 1 saturated heterocycles. The van der Waals surface area contributed by atoms with Crippen LogP contribution in [0.2, 0.25) is 0 Å². The molecule has 1 aromatic rings. The highest BCUT2D eigenvalue weighted by Crippen LogP contribution is 2.31. The molecule has 19 heavy (non-hydrogen) atoms. The van der Waals surface area contributed by atoms with E-state index in [1.54, 1.807) is 17.3 Å². The number of furan rings is 1. The predicted molar refractivity (Wildman–Crippen MR) is 73.1 cm³/mol. The van der Waals surface area contributed by atoms with Crippen molar-refractivity contribution in [3.63, 3.8) is 0 Å². The first-order chi connectivity index (χ1) is 8.87. The number of hydrogen-bond acceptors (Lipinski definition) is 4. The van der Waals surface area contributed by atoms with Gasteiger partial charge in [-0.25, -0.2) is 8.42 Å². The van der Waals surface area contributed by atoms with Crippen LogP contribution in [0.1, 0.15) is 44.6 Å². The molecule has 5 nitrogen and oxygen atoms in total. The Morgan fingerprint density at radius 2 is 1.95 bits per heavy atom. The fraction of sp³-hybridized carbons (Fsp3) is 0.692. The predicted octanol–water partition coefficient (Wildman–Crippen LogP) is 2.00. The van der Waals surface area contributed by atoms with E-state index in [0.717, 1.165) is 19.3 Å². The Labute approximate surface area is 114 Å². The molecule has 0 amide bonds. The molecule has 0 saturated carbocycles. The van der Waals surface area contributed by atoms with Gasteiger partial charge in [0.25, 0.3) is 0 Å². The number of hydrogen-bond donors (Lipinski definition) is 1. The lowest BCUT2D eigenvalue weighted by molar-refractivity contribution is 0.204. The van der Waals surface area contributed by atoms with Gasteiger partial charge < -0.3 is 10.2 Å². The molecule has 0 aliphatic carbocycles. The quantitative estimate of drug-likeness (QED) is 0.922. The number of rotatable bonds is 3. The molecule has 0 bridgehead atoms. The van der Waals surface area contributed by atoms with Crippen LogP contribution < -0.4 is 5.73 Å². The van der Waals surface area contributed by atoms with Crippen LogP contribution in [0.5, 0.6) is 0 Å². The zero-order chi connectivity index (χ0) is 14.2. The number of piperidine rings is 1. The minimum Gasteiger partial charge on any atom is -0.464 e. The Hall–Kier alpha value is -0.850. The van der Waals surface area contributed by atoms with Crippen LogP contribution in [0.3, 0.4) is 0 Å². The van der Waals surface area contributed by atoms with Crippen LogP contribution >= 0.6 is 0 Å². The summed E-state index contributed by atoms with van der Waals surface area (Å²) >= 11 is 0. The van der Waals surface area contributed by atoms with Gasteiger partial charge in [0.2, 0.25) is 10.0 Å². The molecule has 2 atom stereocenters. The highest BCUT2D eigenvalue weighted by molar-refractivity contribution is 7.89. The minimum absolute atomic E-state index is 0.0318. The summed E-state index contributed by atoms with van der Waals surface area (Å²) in [4.78, 5) is 0.258. The molecular formula is C13H22N2O3S. The maximum absolute atomic E-state index is 12.8. The average Bonchev–Trinajstić information content (AvgIpc) is 2.70. The van der Waals surface area contributed by atoms with Crippen molar-refractivity contribution >= 4 is 10.0 Å². The molecule has 1 aliphatic heterocycles. The smallest absolute Gasteiger partial charge is 0.247 e. The fourth-order valence-electron chi connectivity index (χ4n) is 2.87. The van der Waals surface area contributed by atoms with Crippen LogP contribution in [0.25, 0.3) is 0 Å². The Balaban J connectivity index is 2.43. The van der Waals surface area contributed by atoms with Crippen LogP contribution in [-0.4, -0.2) is 24.8 Å². The summed E-state index contributed by atoms with van der Waals surface area (Å²) in [5.41, 5.74) is 5.51. The minimum atomic E-state index is -3.50. The summed E-state index contributed by atoms with van der Waals surface area (Å²) in [6.07, 6.45) is 2.89. The summed E-state index contributed by atoms with van der Waals surface area (Å²) < 4.78 is 32.6. The second kappa shape index (κ2) is 5.26. The van der Waals surface area contributed by atoms with E-state index in [1.165, 1.54) is 0 Å². The fourth-order valence-corrected chi connectivity index (χ4v) is 4.94. The van der Waals surface area contributed by atoms with Gasteiger partial charge in [-0.05, 0) is 33.6 Å². The Kier molecular flexibility index (Phi) is 4.03. The van der Waals surface area contributed by atoms with Gasteiger partial charge in [-0.2, -0.15) is 4.31 Å². The van der Waals surface area contributed by atoms with Crippen LogP contribution in [-0.2, 0) is 16.6 Å². The SMILES string of the molecule is Cc1oc(CN)cc1S(=O)(=O)N1[C@H](C)CCC[C@@H]1C. The highest BCUT2D eigenvalue weighted by atomic mass is 32.2. The van der Waals surface area contributed by atoms with Crippen molar-refractivity contribution in [2.24, 2.45) is 5.73 Å². The molecule has 6 heteroatoms. The third-order valence-electron chi connectivity index (χ3n) is 3.79. The van der Waals surface area contributed by atoms with Crippen molar-refractivity contribution < 1.29 is 12.8 Å². The molecular weight excluding hydrogens is 264 g/mol. The molecule has 108 valence electrons. The molecule has 2 heterocycles. The molecule has 2 rings (SSSR count). The topological polar surface area (TPSA) is 76.5 Å². The first-order valence-electron chi connectivity index (χ1n) is 6.71. The van der Waals surface area contributed by atoms with Crippen molar-refractivity contribution in [3.8, 4) is 0 Å². The van der Waals surface area contributed by atoms with Gasteiger partial charge in [-0.3, -0.25) is 0 Å². The lowest BCUT2D eigenvalue weighted by atomic mass is 10.0. The van der Waals surface area contributed by atoms with Crippen LogP contribution in [0.15, 0.2) is 15.4 Å². The second-order valence-corrected chi connectivity index (χ2v) is 7.11. The van der Waals surface area contributed by atoms with E-state index < -0.39 is 10.0 Å². The zero-order valence-corrected chi connectivity index (χ0v) is 12.5. The van der Waals surface area contributed by atoms with Gasteiger partial charge >= 0.3 is 0 Å². The Morgan fingerprint density at radius 3 is 2.42 bits per heavy atom. The summed E-state index contributed by atoms with van der Waals surface area (Å²) in [5, 5.41) is 0. The van der Waals surface area contributed by atoms with Gasteiger partial charge in [-0.15, -0.1) is 0 Å². The van der Waals surface area contributed by atoms with Gasteiger partial charge in [-0.1, -0.05) is 6.42 Å². The summed E-state index contributed by atoms with van der Waals surface area (Å²) in [5.74, 6) is 0.929. The summed E-state index contributed by atoms with van der Waals surface area (Å²) in [6.45, 7) is 5.81. The highest BCUT2D eigenvalue weighted by Gasteiger charge is 2.37. The van der Waals surface area contributed by atoms with E-state index in [1.807, 2.05) is 13.8 Å². The van der Waals surface area contributed by atoms with Gasteiger partial charge in [0.1, 0.15) is 16.4 Å². The van der Waals surface area contributed by atoms with Crippen LogP contribution in [0.4, 0.5) is 0 Å². The third-order valence-corrected chi connectivity index (χ3v) is 6.03. The lowest BCUT2D eigenvalue weighted by Gasteiger charge is -2.37. The number of aryl methyl sites for hydroxylation is 1. The van der Waals surface area contributed by atoms with Crippen LogP contribution in [0, 0.1) is 6.92 Å². The number of nitrogens with two attached hydrogens (primary N) is 1. The van der Waals surface area contributed by atoms with E-state index in [0.29, 0.717) is 11.5 Å². The van der Waals surface area contributed by atoms with Gasteiger partial charge in [0, 0.05) is 18.2 Å². The molecule has 2 N–H and O–H groups in total. The maximum atomic E-state index is 12.8. The normalized spacial score (nSPS) is 25.7. The van der Waals surface area contributed by atoms with E-state index in [4.69, 9.17) is 10.2 Å². The molecule has 0 unspecified atom stereocenters. The van der Waals surface area contributed by atoms with Crippen molar-refractivity contribution in [2.75, 3.05) is 0 Å². The molecule has 1 aromatic heterocycles.